The molecule has 0 spiro atoms. The number of hydrogen-bond donors (Lipinski definition) is 1. The maximum atomic E-state index is 5.41. The van der Waals surface area contributed by atoms with Crippen LogP contribution in [0.3, 0.4) is 0 Å². The molecule has 0 saturated carbocycles. The Hall–Kier alpha value is -2.27. The first-order chi connectivity index (χ1) is 11.7. The summed E-state index contributed by atoms with van der Waals surface area (Å²) < 4.78 is 15.7. The first-order valence-corrected chi connectivity index (χ1v) is 8.17. The van der Waals surface area contributed by atoms with Gasteiger partial charge in [-0.15, -0.1) is 0 Å². The van der Waals surface area contributed by atoms with E-state index in [1.165, 1.54) is 11.1 Å². The van der Waals surface area contributed by atoms with Crippen molar-refractivity contribution in [2.24, 2.45) is 0 Å². The van der Waals surface area contributed by atoms with Crippen LogP contribution in [-0.2, 0) is 12.8 Å². The Bertz CT molecular complexity index is 671. The van der Waals surface area contributed by atoms with E-state index in [1.807, 2.05) is 42.5 Å². The Morgan fingerprint density at radius 2 is 1.54 bits per heavy atom. The van der Waals surface area contributed by atoms with Gasteiger partial charge >= 0.3 is 0 Å². The van der Waals surface area contributed by atoms with Gasteiger partial charge in [-0.1, -0.05) is 30.4 Å². The monoisotopic (exact) mass is 345 g/mol. The molecule has 2 aromatic carbocycles. The SMILES string of the molecule is COc1ccc(CC(=S)NCCc2ccc(OC)c(OC)c2)cc1. The van der Waals surface area contributed by atoms with E-state index in [9.17, 15) is 0 Å². The van der Waals surface area contributed by atoms with Gasteiger partial charge in [0.25, 0.3) is 0 Å². The van der Waals surface area contributed by atoms with Crippen LogP contribution in [0.5, 0.6) is 17.2 Å². The Kier molecular flexibility index (Phi) is 6.88. The third-order valence-corrected chi connectivity index (χ3v) is 4.00. The molecule has 0 aliphatic carbocycles. The van der Waals surface area contributed by atoms with Crippen molar-refractivity contribution >= 4 is 17.2 Å². The molecule has 128 valence electrons. The van der Waals surface area contributed by atoms with Crippen LogP contribution in [0.1, 0.15) is 11.1 Å². The van der Waals surface area contributed by atoms with E-state index < -0.39 is 0 Å². The Morgan fingerprint density at radius 3 is 2.17 bits per heavy atom. The lowest BCUT2D eigenvalue weighted by Crippen LogP contribution is -2.25. The molecular weight excluding hydrogens is 322 g/mol. The lowest BCUT2D eigenvalue weighted by molar-refractivity contribution is 0.354. The van der Waals surface area contributed by atoms with Crippen molar-refractivity contribution in [3.05, 3.63) is 53.6 Å². The molecule has 0 fully saturated rings. The summed E-state index contributed by atoms with van der Waals surface area (Å²) >= 11 is 5.41. The third kappa shape index (κ3) is 5.13. The van der Waals surface area contributed by atoms with E-state index in [2.05, 4.69) is 5.32 Å². The zero-order chi connectivity index (χ0) is 17.4. The standard InChI is InChI=1S/C19H23NO3S/c1-21-16-7-4-14(5-8-16)13-19(24)20-11-10-15-6-9-17(22-2)18(12-15)23-3/h4-9,12H,10-11,13H2,1-3H3,(H,20,24). The van der Waals surface area contributed by atoms with Crippen LogP contribution in [0.15, 0.2) is 42.5 Å². The smallest absolute Gasteiger partial charge is 0.160 e. The van der Waals surface area contributed by atoms with Crippen LogP contribution in [-0.4, -0.2) is 32.9 Å². The molecule has 0 saturated heterocycles. The van der Waals surface area contributed by atoms with Crippen LogP contribution >= 0.6 is 12.2 Å². The summed E-state index contributed by atoms with van der Waals surface area (Å²) in [7, 11) is 4.94. The highest BCUT2D eigenvalue weighted by molar-refractivity contribution is 7.80. The number of ether oxygens (including phenoxy) is 3. The second-order valence-electron chi connectivity index (χ2n) is 5.31. The fraction of sp³-hybridized carbons (Fsp3) is 0.316. The maximum Gasteiger partial charge on any atom is 0.160 e. The summed E-state index contributed by atoms with van der Waals surface area (Å²) in [6, 6.07) is 13.9. The molecule has 0 aromatic heterocycles. The van der Waals surface area contributed by atoms with Crippen molar-refractivity contribution in [2.45, 2.75) is 12.8 Å². The first kappa shape index (κ1) is 18.1. The second kappa shape index (κ2) is 9.13. The molecular formula is C19H23NO3S. The topological polar surface area (TPSA) is 39.7 Å². The van der Waals surface area contributed by atoms with Crippen LogP contribution in [0, 0.1) is 0 Å². The van der Waals surface area contributed by atoms with Crippen molar-refractivity contribution in [3.8, 4) is 17.2 Å². The van der Waals surface area contributed by atoms with Gasteiger partial charge in [0, 0.05) is 13.0 Å². The number of thiocarbonyl (C=S) groups is 1. The summed E-state index contributed by atoms with van der Waals surface area (Å²) in [6.07, 6.45) is 1.59. The van der Waals surface area contributed by atoms with Gasteiger partial charge in [0.05, 0.1) is 26.3 Å². The van der Waals surface area contributed by atoms with E-state index in [-0.39, 0.29) is 0 Å². The van der Waals surface area contributed by atoms with Gasteiger partial charge in [0.15, 0.2) is 11.5 Å². The van der Waals surface area contributed by atoms with Crippen LogP contribution in [0.2, 0.25) is 0 Å². The molecule has 0 atom stereocenters. The minimum Gasteiger partial charge on any atom is -0.497 e. The summed E-state index contributed by atoms with van der Waals surface area (Å²) in [6.45, 7) is 0.782. The second-order valence-corrected chi connectivity index (χ2v) is 5.81. The average molecular weight is 345 g/mol. The van der Waals surface area contributed by atoms with Gasteiger partial charge in [-0.3, -0.25) is 0 Å². The van der Waals surface area contributed by atoms with E-state index >= 15 is 0 Å². The van der Waals surface area contributed by atoms with Gasteiger partial charge in [-0.05, 0) is 41.8 Å². The lowest BCUT2D eigenvalue weighted by atomic mass is 10.1. The first-order valence-electron chi connectivity index (χ1n) is 7.76. The molecule has 0 aliphatic rings. The molecule has 0 amide bonds. The molecule has 1 N–H and O–H groups in total. The minimum atomic E-state index is 0.727. The molecule has 4 nitrogen and oxygen atoms in total. The van der Waals surface area contributed by atoms with Crippen LogP contribution in [0.4, 0.5) is 0 Å². The van der Waals surface area contributed by atoms with E-state index in [4.69, 9.17) is 26.4 Å². The predicted molar refractivity (Wildman–Crippen MR) is 101 cm³/mol. The van der Waals surface area contributed by atoms with Crippen LogP contribution in [0.25, 0.3) is 0 Å². The highest BCUT2D eigenvalue weighted by Crippen LogP contribution is 2.27. The highest BCUT2D eigenvalue weighted by atomic mass is 32.1. The molecule has 24 heavy (non-hydrogen) atoms. The molecule has 0 aliphatic heterocycles. The molecule has 0 radical (unpaired) electrons. The fourth-order valence-corrected chi connectivity index (χ4v) is 2.64. The zero-order valence-corrected chi connectivity index (χ0v) is 15.1. The molecule has 2 aromatic rings. The third-order valence-electron chi connectivity index (χ3n) is 3.71. The highest BCUT2D eigenvalue weighted by Gasteiger charge is 2.05. The molecule has 5 heteroatoms. The molecule has 0 bridgehead atoms. The van der Waals surface area contributed by atoms with Crippen molar-refractivity contribution < 1.29 is 14.2 Å². The lowest BCUT2D eigenvalue weighted by Gasteiger charge is -2.11. The van der Waals surface area contributed by atoms with Crippen molar-refractivity contribution in [2.75, 3.05) is 27.9 Å². The van der Waals surface area contributed by atoms with Crippen LogP contribution < -0.4 is 19.5 Å². The molecule has 0 unspecified atom stereocenters. The Morgan fingerprint density at radius 1 is 0.875 bits per heavy atom. The van der Waals surface area contributed by atoms with Crippen molar-refractivity contribution in [1.29, 1.82) is 0 Å². The number of methoxy groups -OCH3 is 3. The van der Waals surface area contributed by atoms with E-state index in [0.717, 1.165) is 41.6 Å². The minimum absolute atomic E-state index is 0.727. The van der Waals surface area contributed by atoms with Gasteiger partial charge < -0.3 is 19.5 Å². The Balaban J connectivity index is 1.81. The van der Waals surface area contributed by atoms with E-state index in [0.29, 0.717) is 0 Å². The fourth-order valence-electron chi connectivity index (χ4n) is 2.37. The number of nitrogens with one attached hydrogen (secondary N) is 1. The number of hydrogen-bond acceptors (Lipinski definition) is 4. The average Bonchev–Trinajstić information content (AvgIpc) is 2.62. The summed E-state index contributed by atoms with van der Waals surface area (Å²) in [5.41, 5.74) is 2.34. The summed E-state index contributed by atoms with van der Waals surface area (Å²) in [5, 5.41) is 3.30. The normalized spacial score (nSPS) is 10.1. The van der Waals surface area contributed by atoms with Gasteiger partial charge in [0.1, 0.15) is 5.75 Å². The van der Waals surface area contributed by atoms with Crippen molar-refractivity contribution in [1.82, 2.24) is 5.32 Å². The molecule has 0 heterocycles. The van der Waals surface area contributed by atoms with Gasteiger partial charge in [-0.25, -0.2) is 0 Å². The Labute approximate surface area is 148 Å². The predicted octanol–water partition coefficient (Wildman–Crippen LogP) is 3.41. The van der Waals surface area contributed by atoms with E-state index in [1.54, 1.807) is 21.3 Å². The summed E-state index contributed by atoms with van der Waals surface area (Å²) in [4.78, 5) is 0.834. The number of rotatable bonds is 8. The maximum absolute atomic E-state index is 5.41. The quantitative estimate of drug-likeness (QED) is 0.743. The summed E-state index contributed by atoms with van der Waals surface area (Å²) in [5.74, 6) is 2.34. The zero-order valence-electron chi connectivity index (χ0n) is 14.3. The number of benzene rings is 2. The van der Waals surface area contributed by atoms with Crippen molar-refractivity contribution in [3.63, 3.8) is 0 Å². The molecule has 2 rings (SSSR count). The largest absolute Gasteiger partial charge is 0.497 e. The van der Waals surface area contributed by atoms with Gasteiger partial charge in [-0.2, -0.15) is 0 Å². The van der Waals surface area contributed by atoms with Gasteiger partial charge in [0.2, 0.25) is 0 Å².